The molecule has 2 amide bonds. The molecule has 1 aliphatic heterocycles. The summed E-state index contributed by atoms with van der Waals surface area (Å²) in [5.74, 6) is 4.78. The molecule has 0 aliphatic carbocycles. The summed E-state index contributed by atoms with van der Waals surface area (Å²) in [5.41, 5.74) is 2.03. The van der Waals surface area contributed by atoms with Crippen molar-refractivity contribution in [2.75, 3.05) is 11.9 Å². The number of sulfonamides is 1. The first-order valence-electron chi connectivity index (χ1n) is 9.93. The van der Waals surface area contributed by atoms with E-state index in [-0.39, 0.29) is 28.4 Å². The maximum atomic E-state index is 13.3. The minimum Gasteiger partial charge on any atom is -0.478 e. The normalized spacial score (nSPS) is 14.3. The van der Waals surface area contributed by atoms with Crippen LogP contribution in [-0.2, 0) is 23.0 Å². The molecule has 33 heavy (non-hydrogen) atoms. The second-order valence-electron chi connectivity index (χ2n) is 7.36. The van der Waals surface area contributed by atoms with Crippen molar-refractivity contribution >= 4 is 27.7 Å². The van der Waals surface area contributed by atoms with Crippen molar-refractivity contribution in [1.82, 2.24) is 9.29 Å². The van der Waals surface area contributed by atoms with Crippen molar-refractivity contribution in [3.8, 4) is 11.8 Å². The molecule has 0 unspecified atom stereocenters. The Hall–Kier alpha value is -4.16. The SMILES string of the molecule is CN1C(=O)N(Cc2ccc(C(=O)O)cc2)S(=O)(=O)c2cc(C#CCc3ccccc3)ncc21. The van der Waals surface area contributed by atoms with E-state index >= 15 is 0 Å². The van der Waals surface area contributed by atoms with E-state index < -0.39 is 22.0 Å². The minimum absolute atomic E-state index is 0.0641. The topological polar surface area (TPSA) is 108 Å². The molecular weight excluding hydrogens is 442 g/mol. The number of fused-ring (bicyclic) bond motifs is 1. The third kappa shape index (κ3) is 4.42. The minimum atomic E-state index is -4.17. The van der Waals surface area contributed by atoms with Gasteiger partial charge in [0.2, 0.25) is 0 Å². The molecule has 0 atom stereocenters. The molecule has 1 aliphatic rings. The smallest absolute Gasteiger partial charge is 0.338 e. The van der Waals surface area contributed by atoms with Gasteiger partial charge in [0.05, 0.1) is 24.0 Å². The fourth-order valence-corrected chi connectivity index (χ4v) is 4.95. The number of anilines is 1. The Kier molecular flexibility index (Phi) is 5.85. The first-order chi connectivity index (χ1) is 15.8. The summed E-state index contributed by atoms with van der Waals surface area (Å²) >= 11 is 0. The molecule has 0 spiro atoms. The number of aromatic carboxylic acids is 1. The summed E-state index contributed by atoms with van der Waals surface area (Å²) in [6, 6.07) is 16.0. The molecule has 2 heterocycles. The number of urea groups is 1. The van der Waals surface area contributed by atoms with Gasteiger partial charge in [0.15, 0.2) is 0 Å². The molecule has 0 fully saturated rings. The predicted molar refractivity (Wildman–Crippen MR) is 121 cm³/mol. The molecule has 4 rings (SSSR count). The Balaban J connectivity index is 1.64. The van der Waals surface area contributed by atoms with Gasteiger partial charge in [0.1, 0.15) is 10.6 Å². The second-order valence-corrected chi connectivity index (χ2v) is 9.19. The summed E-state index contributed by atoms with van der Waals surface area (Å²) in [6.07, 6.45) is 1.82. The second kappa shape index (κ2) is 8.76. The molecule has 9 heteroatoms. The van der Waals surface area contributed by atoms with Crippen molar-refractivity contribution in [1.29, 1.82) is 0 Å². The number of carbonyl (C=O) groups is 2. The highest BCUT2D eigenvalue weighted by atomic mass is 32.2. The van der Waals surface area contributed by atoms with E-state index in [4.69, 9.17) is 5.11 Å². The number of carboxylic acid groups (broad SMARTS) is 1. The van der Waals surface area contributed by atoms with Gasteiger partial charge in [-0.15, -0.1) is 0 Å². The number of hydrogen-bond donors (Lipinski definition) is 1. The first kappa shape index (κ1) is 22.0. The van der Waals surface area contributed by atoms with Crippen molar-refractivity contribution in [3.63, 3.8) is 0 Å². The third-order valence-electron chi connectivity index (χ3n) is 5.15. The molecule has 0 saturated heterocycles. The molecule has 1 aromatic heterocycles. The number of rotatable bonds is 4. The fraction of sp³-hybridized carbons (Fsp3) is 0.125. The van der Waals surface area contributed by atoms with Gasteiger partial charge in [-0.2, -0.15) is 0 Å². The number of pyridine rings is 1. The summed E-state index contributed by atoms with van der Waals surface area (Å²) in [6.45, 7) is -0.234. The molecule has 3 aromatic rings. The third-order valence-corrected chi connectivity index (χ3v) is 6.90. The van der Waals surface area contributed by atoms with Crippen molar-refractivity contribution in [3.05, 3.63) is 89.2 Å². The molecule has 1 N–H and O–H groups in total. The van der Waals surface area contributed by atoms with Gasteiger partial charge in [-0.1, -0.05) is 48.4 Å². The number of amides is 2. The molecule has 8 nitrogen and oxygen atoms in total. The van der Waals surface area contributed by atoms with Gasteiger partial charge >= 0.3 is 12.0 Å². The lowest BCUT2D eigenvalue weighted by Crippen LogP contribution is -2.48. The maximum Gasteiger partial charge on any atom is 0.338 e. The highest BCUT2D eigenvalue weighted by Crippen LogP contribution is 2.34. The highest BCUT2D eigenvalue weighted by molar-refractivity contribution is 7.90. The van der Waals surface area contributed by atoms with Crippen molar-refractivity contribution in [2.45, 2.75) is 17.9 Å². The van der Waals surface area contributed by atoms with Crippen LogP contribution < -0.4 is 4.90 Å². The Labute approximate surface area is 191 Å². The van der Waals surface area contributed by atoms with E-state index in [9.17, 15) is 18.0 Å². The van der Waals surface area contributed by atoms with Gasteiger partial charge in [0, 0.05) is 13.5 Å². The van der Waals surface area contributed by atoms with Crippen molar-refractivity contribution in [2.24, 2.45) is 0 Å². The molecular formula is C24H19N3O5S. The molecule has 2 aromatic carbocycles. The summed E-state index contributed by atoms with van der Waals surface area (Å²) < 4.78 is 27.3. The quantitative estimate of drug-likeness (QED) is 0.598. The van der Waals surface area contributed by atoms with E-state index in [1.54, 1.807) is 0 Å². The van der Waals surface area contributed by atoms with Gasteiger partial charge in [0.25, 0.3) is 10.0 Å². The first-order valence-corrected chi connectivity index (χ1v) is 11.4. The van der Waals surface area contributed by atoms with Crippen LogP contribution in [0.25, 0.3) is 0 Å². The van der Waals surface area contributed by atoms with E-state index in [0.29, 0.717) is 12.0 Å². The zero-order chi connectivity index (χ0) is 23.6. The number of aromatic nitrogens is 1. The number of carboxylic acids is 1. The average molecular weight is 461 g/mol. The number of carbonyl (C=O) groups excluding carboxylic acids is 1. The number of benzene rings is 2. The summed E-state index contributed by atoms with van der Waals surface area (Å²) in [5, 5.41) is 9.03. The van der Waals surface area contributed by atoms with Gasteiger partial charge in [-0.05, 0) is 35.2 Å². The zero-order valence-electron chi connectivity index (χ0n) is 17.6. The Bertz CT molecular complexity index is 1390. The molecule has 166 valence electrons. The molecule has 0 bridgehead atoms. The largest absolute Gasteiger partial charge is 0.478 e. The van der Waals surface area contributed by atoms with Gasteiger partial charge in [-0.25, -0.2) is 27.3 Å². The number of nitrogens with zero attached hydrogens (tertiary/aromatic N) is 3. The lowest BCUT2D eigenvalue weighted by Gasteiger charge is -2.34. The van der Waals surface area contributed by atoms with Crippen LogP contribution in [0.5, 0.6) is 0 Å². The zero-order valence-corrected chi connectivity index (χ0v) is 18.4. The van der Waals surface area contributed by atoms with Crippen LogP contribution in [-0.4, -0.2) is 41.9 Å². The maximum absolute atomic E-state index is 13.3. The Morgan fingerprint density at radius 3 is 2.42 bits per heavy atom. The predicted octanol–water partition coefficient (Wildman–Crippen LogP) is 3.13. The molecule has 0 saturated carbocycles. The van der Waals surface area contributed by atoms with Crippen LogP contribution in [0.1, 0.15) is 27.2 Å². The van der Waals surface area contributed by atoms with Crippen LogP contribution in [0.2, 0.25) is 0 Å². The van der Waals surface area contributed by atoms with Crippen LogP contribution in [0.3, 0.4) is 0 Å². The van der Waals surface area contributed by atoms with E-state index in [2.05, 4.69) is 16.8 Å². The van der Waals surface area contributed by atoms with Gasteiger partial charge in [-0.3, -0.25) is 4.90 Å². The lowest BCUT2D eigenvalue weighted by molar-refractivity contribution is 0.0696. The molecule has 0 radical (unpaired) electrons. The Morgan fingerprint density at radius 2 is 1.76 bits per heavy atom. The summed E-state index contributed by atoms with van der Waals surface area (Å²) in [4.78, 5) is 29.2. The fourth-order valence-electron chi connectivity index (χ4n) is 3.35. The van der Waals surface area contributed by atoms with E-state index in [1.165, 1.54) is 48.5 Å². The van der Waals surface area contributed by atoms with Crippen molar-refractivity contribution < 1.29 is 23.1 Å². The van der Waals surface area contributed by atoms with Crippen LogP contribution >= 0.6 is 0 Å². The number of hydrogen-bond acceptors (Lipinski definition) is 5. The Morgan fingerprint density at radius 1 is 1.06 bits per heavy atom. The van der Waals surface area contributed by atoms with Gasteiger partial charge < -0.3 is 5.11 Å². The van der Waals surface area contributed by atoms with Crippen LogP contribution in [0.4, 0.5) is 10.5 Å². The van der Waals surface area contributed by atoms with Crippen LogP contribution in [0, 0.1) is 11.8 Å². The monoisotopic (exact) mass is 461 g/mol. The standard InChI is InChI=1S/C24H19N3O5S/c1-26-21-15-25-20(9-5-8-17-6-3-2-4-7-17)14-22(21)33(31,32)27(24(26)30)16-18-10-12-19(13-11-18)23(28)29/h2-4,6-7,10-15H,8,16H2,1H3,(H,28,29). The average Bonchev–Trinajstić information content (AvgIpc) is 2.81. The van der Waals surface area contributed by atoms with Crippen LogP contribution in [0.15, 0.2) is 71.8 Å². The highest BCUT2D eigenvalue weighted by Gasteiger charge is 2.40. The summed E-state index contributed by atoms with van der Waals surface area (Å²) in [7, 11) is -2.70. The van der Waals surface area contributed by atoms with E-state index in [0.717, 1.165) is 9.87 Å². The lowest BCUT2D eigenvalue weighted by atomic mass is 10.1. The van der Waals surface area contributed by atoms with E-state index in [1.807, 2.05) is 30.3 Å².